The zero-order chi connectivity index (χ0) is 12.9. The van der Waals surface area contributed by atoms with Crippen LogP contribution in [0, 0.1) is 5.41 Å². The molecule has 1 rings (SSSR count). The lowest BCUT2D eigenvalue weighted by atomic mass is 9.90. The maximum absolute atomic E-state index is 5.71. The first-order valence-corrected chi connectivity index (χ1v) is 6.54. The largest absolute Gasteiger partial charge is 0.446 e. The van der Waals surface area contributed by atoms with E-state index in [1.165, 1.54) is 0 Å². The number of hydrogen-bond acceptors (Lipinski definition) is 3. The molecule has 0 unspecified atom stereocenters. The van der Waals surface area contributed by atoms with E-state index in [0.29, 0.717) is 11.5 Å². The van der Waals surface area contributed by atoms with Crippen molar-refractivity contribution >= 4 is 0 Å². The van der Waals surface area contributed by atoms with Crippen molar-refractivity contribution in [1.29, 1.82) is 0 Å². The Bertz CT molecular complexity index is 323. The second-order valence-corrected chi connectivity index (χ2v) is 6.14. The molecular weight excluding hydrogens is 212 g/mol. The minimum absolute atomic E-state index is 0.353. The third-order valence-electron chi connectivity index (χ3n) is 2.61. The molecule has 17 heavy (non-hydrogen) atoms. The topological polar surface area (TPSA) is 38.1 Å². The van der Waals surface area contributed by atoms with Gasteiger partial charge in [0.2, 0.25) is 0 Å². The quantitative estimate of drug-likeness (QED) is 0.827. The summed E-state index contributed by atoms with van der Waals surface area (Å²) in [6, 6.07) is 0.519. The summed E-state index contributed by atoms with van der Waals surface area (Å²) >= 11 is 0. The predicted octanol–water partition coefficient (Wildman–Crippen LogP) is 3.19. The molecule has 1 N–H and O–H groups in total. The molecule has 98 valence electrons. The number of aromatic nitrogens is 1. The van der Waals surface area contributed by atoms with E-state index < -0.39 is 0 Å². The molecular formula is C14H26N2O. The van der Waals surface area contributed by atoms with Crippen LogP contribution in [0.4, 0.5) is 0 Å². The van der Waals surface area contributed by atoms with Gasteiger partial charge in [0.05, 0.1) is 6.20 Å². The lowest BCUT2D eigenvalue weighted by Crippen LogP contribution is -2.24. The summed E-state index contributed by atoms with van der Waals surface area (Å²) < 4.78 is 5.71. The molecule has 0 aromatic carbocycles. The van der Waals surface area contributed by atoms with Gasteiger partial charge in [-0.3, -0.25) is 0 Å². The molecule has 1 aromatic rings. The number of nitrogens with zero attached hydrogens (tertiary/aromatic N) is 1. The smallest absolute Gasteiger partial charge is 0.195 e. The summed E-state index contributed by atoms with van der Waals surface area (Å²) in [5.41, 5.74) is 0.353. The number of nitrogens with one attached hydrogen (secondary N) is 1. The van der Waals surface area contributed by atoms with E-state index in [9.17, 15) is 0 Å². The van der Waals surface area contributed by atoms with E-state index in [1.54, 1.807) is 0 Å². The second kappa shape index (κ2) is 6.20. The van der Waals surface area contributed by atoms with E-state index in [4.69, 9.17) is 4.42 Å². The van der Waals surface area contributed by atoms with Gasteiger partial charge < -0.3 is 9.73 Å². The van der Waals surface area contributed by atoms with Crippen molar-refractivity contribution < 1.29 is 4.42 Å². The Morgan fingerprint density at radius 3 is 2.59 bits per heavy atom. The molecule has 0 radical (unpaired) electrons. The Morgan fingerprint density at radius 2 is 2.00 bits per heavy atom. The Kier molecular flexibility index (Phi) is 5.19. The zero-order valence-corrected chi connectivity index (χ0v) is 11.8. The monoisotopic (exact) mass is 238 g/mol. The number of oxazole rings is 1. The van der Waals surface area contributed by atoms with Gasteiger partial charge in [0.15, 0.2) is 5.89 Å². The third kappa shape index (κ3) is 6.47. The van der Waals surface area contributed by atoms with Crippen molar-refractivity contribution in [2.75, 3.05) is 6.54 Å². The fourth-order valence-electron chi connectivity index (χ4n) is 1.55. The average Bonchev–Trinajstić information content (AvgIpc) is 2.61. The van der Waals surface area contributed by atoms with Crippen LogP contribution in [0.2, 0.25) is 0 Å². The van der Waals surface area contributed by atoms with Gasteiger partial charge in [-0.25, -0.2) is 4.98 Å². The SMILES string of the molecule is CC(C)NCCc1ncc(CCC(C)(C)C)o1. The molecule has 0 aliphatic rings. The normalized spacial score (nSPS) is 12.4. The molecule has 1 heterocycles. The highest BCUT2D eigenvalue weighted by Gasteiger charge is 2.12. The molecule has 3 heteroatoms. The van der Waals surface area contributed by atoms with Crippen LogP contribution >= 0.6 is 0 Å². The second-order valence-electron chi connectivity index (χ2n) is 6.14. The van der Waals surface area contributed by atoms with Gasteiger partial charge in [0, 0.05) is 25.4 Å². The Hall–Kier alpha value is -0.830. The van der Waals surface area contributed by atoms with E-state index in [1.807, 2.05) is 6.20 Å². The van der Waals surface area contributed by atoms with Crippen molar-refractivity contribution in [1.82, 2.24) is 10.3 Å². The molecule has 0 saturated carbocycles. The van der Waals surface area contributed by atoms with E-state index in [2.05, 4.69) is 44.9 Å². The molecule has 0 aliphatic heterocycles. The van der Waals surface area contributed by atoms with E-state index in [0.717, 1.165) is 37.5 Å². The molecule has 3 nitrogen and oxygen atoms in total. The third-order valence-corrected chi connectivity index (χ3v) is 2.61. The predicted molar refractivity (Wildman–Crippen MR) is 71.1 cm³/mol. The minimum atomic E-state index is 0.353. The lowest BCUT2D eigenvalue weighted by molar-refractivity contribution is 0.353. The van der Waals surface area contributed by atoms with Gasteiger partial charge in [-0.1, -0.05) is 34.6 Å². The molecule has 0 bridgehead atoms. The van der Waals surface area contributed by atoms with Crippen molar-refractivity contribution in [3.63, 3.8) is 0 Å². The molecule has 0 amide bonds. The summed E-state index contributed by atoms with van der Waals surface area (Å²) in [5, 5.41) is 3.36. The minimum Gasteiger partial charge on any atom is -0.446 e. The Morgan fingerprint density at radius 1 is 1.29 bits per heavy atom. The van der Waals surface area contributed by atoms with Crippen LogP contribution in [0.3, 0.4) is 0 Å². The van der Waals surface area contributed by atoms with Gasteiger partial charge in [-0.15, -0.1) is 0 Å². The highest BCUT2D eigenvalue weighted by Crippen LogP contribution is 2.21. The van der Waals surface area contributed by atoms with Gasteiger partial charge in [-0.05, 0) is 11.8 Å². The standard InChI is InChI=1S/C14H26N2O/c1-11(2)15-9-7-13-16-10-12(17-13)6-8-14(3,4)5/h10-11,15H,6-9H2,1-5H3. The number of rotatable bonds is 6. The summed E-state index contributed by atoms with van der Waals surface area (Å²) in [4.78, 5) is 4.31. The van der Waals surface area contributed by atoms with Gasteiger partial charge in [-0.2, -0.15) is 0 Å². The fraction of sp³-hybridized carbons (Fsp3) is 0.786. The van der Waals surface area contributed by atoms with Gasteiger partial charge in [0.25, 0.3) is 0 Å². The zero-order valence-electron chi connectivity index (χ0n) is 11.8. The van der Waals surface area contributed by atoms with Gasteiger partial charge in [0.1, 0.15) is 5.76 Å². The lowest BCUT2D eigenvalue weighted by Gasteiger charge is -2.16. The number of aryl methyl sites for hydroxylation is 1. The van der Waals surface area contributed by atoms with Crippen molar-refractivity contribution in [2.45, 2.75) is 59.9 Å². The molecule has 0 saturated heterocycles. The maximum atomic E-state index is 5.71. The van der Waals surface area contributed by atoms with Crippen LogP contribution in [-0.2, 0) is 12.8 Å². The van der Waals surface area contributed by atoms with Crippen LogP contribution < -0.4 is 5.32 Å². The Labute approximate surface area is 105 Å². The molecule has 0 spiro atoms. The van der Waals surface area contributed by atoms with Crippen LogP contribution in [0.1, 0.15) is 52.7 Å². The highest BCUT2D eigenvalue weighted by molar-refractivity contribution is 4.95. The highest BCUT2D eigenvalue weighted by atomic mass is 16.4. The van der Waals surface area contributed by atoms with E-state index >= 15 is 0 Å². The van der Waals surface area contributed by atoms with Crippen LogP contribution in [0.5, 0.6) is 0 Å². The van der Waals surface area contributed by atoms with Crippen LogP contribution in [0.25, 0.3) is 0 Å². The summed E-state index contributed by atoms with van der Waals surface area (Å²) in [5.74, 6) is 1.86. The summed E-state index contributed by atoms with van der Waals surface area (Å²) in [6.45, 7) is 12.0. The summed E-state index contributed by atoms with van der Waals surface area (Å²) in [6.07, 6.45) is 4.85. The average molecular weight is 238 g/mol. The first-order valence-electron chi connectivity index (χ1n) is 6.54. The first-order chi connectivity index (χ1) is 7.87. The molecule has 1 aromatic heterocycles. The van der Waals surface area contributed by atoms with Crippen molar-refractivity contribution in [3.8, 4) is 0 Å². The van der Waals surface area contributed by atoms with Crippen molar-refractivity contribution in [3.05, 3.63) is 17.8 Å². The molecule has 0 fully saturated rings. The van der Waals surface area contributed by atoms with Gasteiger partial charge >= 0.3 is 0 Å². The van der Waals surface area contributed by atoms with Crippen LogP contribution in [0.15, 0.2) is 10.6 Å². The number of hydrogen-bond donors (Lipinski definition) is 1. The van der Waals surface area contributed by atoms with E-state index in [-0.39, 0.29) is 0 Å². The molecule has 0 atom stereocenters. The van der Waals surface area contributed by atoms with Crippen molar-refractivity contribution in [2.24, 2.45) is 5.41 Å². The van der Waals surface area contributed by atoms with Crippen LogP contribution in [-0.4, -0.2) is 17.6 Å². The Balaban J connectivity index is 2.32. The fourth-order valence-corrected chi connectivity index (χ4v) is 1.55. The molecule has 0 aliphatic carbocycles. The maximum Gasteiger partial charge on any atom is 0.195 e. The summed E-state index contributed by atoms with van der Waals surface area (Å²) in [7, 11) is 0. The first kappa shape index (κ1) is 14.2.